The lowest BCUT2D eigenvalue weighted by molar-refractivity contribution is 0.331. The van der Waals surface area contributed by atoms with Gasteiger partial charge in [-0.15, -0.1) is 0 Å². The molecule has 0 unspecified atom stereocenters. The monoisotopic (exact) mass is 216 g/mol. The standard InChI is InChI=1S/C14H20N2/c15-9-5-8-13-6-1-2-7-14(13)12-16-10-3-4-11-16/h1-2,5-8H,3-4,9-12,15H2/b8-5+. The number of hydrogen-bond acceptors (Lipinski definition) is 2. The van der Waals surface area contributed by atoms with Crippen LogP contribution in [0.15, 0.2) is 30.3 Å². The van der Waals surface area contributed by atoms with Crippen molar-refractivity contribution in [3.05, 3.63) is 41.5 Å². The predicted molar refractivity (Wildman–Crippen MR) is 69.0 cm³/mol. The fraction of sp³-hybridized carbons (Fsp3) is 0.429. The highest BCUT2D eigenvalue weighted by atomic mass is 15.1. The lowest BCUT2D eigenvalue weighted by atomic mass is 10.1. The van der Waals surface area contributed by atoms with E-state index in [1.807, 2.05) is 6.08 Å². The normalized spacial score (nSPS) is 17.3. The molecule has 0 radical (unpaired) electrons. The van der Waals surface area contributed by atoms with E-state index in [0.29, 0.717) is 6.54 Å². The predicted octanol–water partition coefficient (Wildman–Crippen LogP) is 2.25. The molecule has 1 aliphatic heterocycles. The molecule has 86 valence electrons. The van der Waals surface area contributed by atoms with Gasteiger partial charge in [0, 0.05) is 13.1 Å². The summed E-state index contributed by atoms with van der Waals surface area (Å²) in [5.74, 6) is 0. The average molecular weight is 216 g/mol. The Morgan fingerprint density at radius 2 is 1.94 bits per heavy atom. The summed E-state index contributed by atoms with van der Waals surface area (Å²) in [6.45, 7) is 4.17. The molecule has 1 heterocycles. The molecule has 0 atom stereocenters. The zero-order valence-corrected chi connectivity index (χ0v) is 9.73. The maximum Gasteiger partial charge on any atom is 0.0239 e. The first kappa shape index (κ1) is 11.4. The Morgan fingerprint density at radius 1 is 1.19 bits per heavy atom. The van der Waals surface area contributed by atoms with E-state index in [2.05, 4.69) is 35.2 Å². The Kier molecular flexibility index (Phi) is 4.14. The number of hydrogen-bond donors (Lipinski definition) is 1. The fourth-order valence-corrected chi connectivity index (χ4v) is 2.22. The molecule has 2 rings (SSSR count). The van der Waals surface area contributed by atoms with Gasteiger partial charge in [0.15, 0.2) is 0 Å². The third-order valence-corrected chi connectivity index (χ3v) is 3.08. The lowest BCUT2D eigenvalue weighted by Gasteiger charge is -2.16. The molecule has 1 fully saturated rings. The van der Waals surface area contributed by atoms with E-state index >= 15 is 0 Å². The number of rotatable bonds is 4. The first-order chi connectivity index (χ1) is 7.90. The topological polar surface area (TPSA) is 29.3 Å². The second-order valence-corrected chi connectivity index (χ2v) is 4.32. The molecule has 0 spiro atoms. The summed E-state index contributed by atoms with van der Waals surface area (Å²) in [5, 5.41) is 0. The quantitative estimate of drug-likeness (QED) is 0.836. The second kappa shape index (κ2) is 5.83. The fourth-order valence-electron chi connectivity index (χ4n) is 2.22. The zero-order chi connectivity index (χ0) is 11.2. The summed E-state index contributed by atoms with van der Waals surface area (Å²) in [5.41, 5.74) is 8.21. The SMILES string of the molecule is NC/C=C/c1ccccc1CN1CCCC1. The Bertz CT molecular complexity index is 352. The van der Waals surface area contributed by atoms with Crippen molar-refractivity contribution in [2.45, 2.75) is 19.4 Å². The summed E-state index contributed by atoms with van der Waals surface area (Å²) in [4.78, 5) is 2.52. The molecule has 0 amide bonds. The van der Waals surface area contributed by atoms with Crippen LogP contribution in [0.4, 0.5) is 0 Å². The van der Waals surface area contributed by atoms with Crippen LogP contribution in [-0.2, 0) is 6.54 Å². The van der Waals surface area contributed by atoms with Crippen LogP contribution in [0, 0.1) is 0 Å². The minimum atomic E-state index is 0.609. The molecular formula is C14H20N2. The number of likely N-dealkylation sites (tertiary alicyclic amines) is 1. The molecule has 1 aromatic rings. The van der Waals surface area contributed by atoms with E-state index in [1.165, 1.54) is 37.1 Å². The second-order valence-electron chi connectivity index (χ2n) is 4.32. The molecule has 0 saturated carbocycles. The van der Waals surface area contributed by atoms with Gasteiger partial charge >= 0.3 is 0 Å². The third-order valence-electron chi connectivity index (χ3n) is 3.08. The number of benzene rings is 1. The van der Waals surface area contributed by atoms with Gasteiger partial charge in [-0.1, -0.05) is 36.4 Å². The highest BCUT2D eigenvalue weighted by Gasteiger charge is 2.12. The van der Waals surface area contributed by atoms with Crippen LogP contribution in [0.1, 0.15) is 24.0 Å². The van der Waals surface area contributed by atoms with Crippen LogP contribution in [0.2, 0.25) is 0 Å². The largest absolute Gasteiger partial charge is 0.327 e. The van der Waals surface area contributed by atoms with E-state index in [4.69, 9.17) is 5.73 Å². The summed E-state index contributed by atoms with van der Waals surface area (Å²) in [6, 6.07) is 8.58. The molecule has 0 aliphatic carbocycles. The van der Waals surface area contributed by atoms with E-state index in [-0.39, 0.29) is 0 Å². The van der Waals surface area contributed by atoms with Crippen molar-refractivity contribution >= 4 is 6.08 Å². The Labute approximate surface area is 97.8 Å². The van der Waals surface area contributed by atoms with Gasteiger partial charge < -0.3 is 5.73 Å². The highest BCUT2D eigenvalue weighted by Crippen LogP contribution is 2.16. The molecule has 0 aromatic heterocycles. The van der Waals surface area contributed by atoms with Gasteiger partial charge in [0.25, 0.3) is 0 Å². The van der Waals surface area contributed by atoms with Gasteiger partial charge in [-0.25, -0.2) is 0 Å². The van der Waals surface area contributed by atoms with Crippen LogP contribution >= 0.6 is 0 Å². The highest BCUT2D eigenvalue weighted by molar-refractivity contribution is 5.53. The molecule has 1 aliphatic rings. The minimum Gasteiger partial charge on any atom is -0.327 e. The van der Waals surface area contributed by atoms with E-state index in [1.54, 1.807) is 0 Å². The molecular weight excluding hydrogens is 196 g/mol. The average Bonchev–Trinajstić information content (AvgIpc) is 2.81. The Hall–Kier alpha value is -1.12. The van der Waals surface area contributed by atoms with E-state index < -0.39 is 0 Å². The van der Waals surface area contributed by atoms with Crippen molar-refractivity contribution in [2.24, 2.45) is 5.73 Å². The van der Waals surface area contributed by atoms with E-state index in [9.17, 15) is 0 Å². The summed E-state index contributed by atoms with van der Waals surface area (Å²) < 4.78 is 0. The van der Waals surface area contributed by atoms with Crippen molar-refractivity contribution < 1.29 is 0 Å². The van der Waals surface area contributed by atoms with Gasteiger partial charge in [0.05, 0.1) is 0 Å². The third kappa shape index (κ3) is 2.94. The summed E-state index contributed by atoms with van der Waals surface area (Å²) >= 11 is 0. The molecule has 2 heteroatoms. The Balaban J connectivity index is 2.09. The van der Waals surface area contributed by atoms with Crippen LogP contribution in [0.25, 0.3) is 6.08 Å². The van der Waals surface area contributed by atoms with Crippen molar-refractivity contribution in [3.63, 3.8) is 0 Å². The van der Waals surface area contributed by atoms with Crippen molar-refractivity contribution in [1.82, 2.24) is 4.90 Å². The van der Waals surface area contributed by atoms with Gasteiger partial charge in [-0.3, -0.25) is 4.90 Å². The molecule has 16 heavy (non-hydrogen) atoms. The van der Waals surface area contributed by atoms with Crippen LogP contribution in [-0.4, -0.2) is 24.5 Å². The van der Waals surface area contributed by atoms with Gasteiger partial charge in [-0.05, 0) is 37.1 Å². The van der Waals surface area contributed by atoms with Crippen molar-refractivity contribution in [1.29, 1.82) is 0 Å². The van der Waals surface area contributed by atoms with Crippen LogP contribution in [0.3, 0.4) is 0 Å². The Morgan fingerprint density at radius 3 is 2.69 bits per heavy atom. The first-order valence-electron chi connectivity index (χ1n) is 6.07. The van der Waals surface area contributed by atoms with Gasteiger partial charge in [0.2, 0.25) is 0 Å². The van der Waals surface area contributed by atoms with Gasteiger partial charge in [0.1, 0.15) is 0 Å². The van der Waals surface area contributed by atoms with Crippen molar-refractivity contribution in [3.8, 4) is 0 Å². The zero-order valence-electron chi connectivity index (χ0n) is 9.73. The number of nitrogens with two attached hydrogens (primary N) is 1. The van der Waals surface area contributed by atoms with Gasteiger partial charge in [-0.2, -0.15) is 0 Å². The maximum atomic E-state index is 5.49. The first-order valence-corrected chi connectivity index (χ1v) is 6.07. The molecule has 0 bridgehead atoms. The smallest absolute Gasteiger partial charge is 0.0239 e. The molecule has 1 aromatic carbocycles. The maximum absolute atomic E-state index is 5.49. The molecule has 1 saturated heterocycles. The molecule has 2 nitrogen and oxygen atoms in total. The summed E-state index contributed by atoms with van der Waals surface area (Å²) in [6.07, 6.45) is 6.84. The molecule has 2 N–H and O–H groups in total. The van der Waals surface area contributed by atoms with Crippen LogP contribution in [0.5, 0.6) is 0 Å². The van der Waals surface area contributed by atoms with Crippen LogP contribution < -0.4 is 5.73 Å². The van der Waals surface area contributed by atoms with Crippen molar-refractivity contribution in [2.75, 3.05) is 19.6 Å². The lowest BCUT2D eigenvalue weighted by Crippen LogP contribution is -2.18. The number of nitrogens with zero attached hydrogens (tertiary/aromatic N) is 1. The van der Waals surface area contributed by atoms with E-state index in [0.717, 1.165) is 6.54 Å². The minimum absolute atomic E-state index is 0.609. The summed E-state index contributed by atoms with van der Waals surface area (Å²) in [7, 11) is 0.